The van der Waals surface area contributed by atoms with Crippen molar-refractivity contribution in [2.75, 3.05) is 46.9 Å². The van der Waals surface area contributed by atoms with Crippen molar-refractivity contribution in [3.05, 3.63) is 63.4 Å². The molecule has 0 aliphatic carbocycles. The molecule has 3 aromatic rings. The first-order valence-electron chi connectivity index (χ1n) is 11.5. The average molecular weight is 464 g/mol. The third-order valence-corrected chi connectivity index (χ3v) is 6.72. The lowest BCUT2D eigenvalue weighted by Crippen LogP contribution is -2.50. The van der Waals surface area contributed by atoms with Crippen LogP contribution in [0.25, 0.3) is 10.9 Å². The van der Waals surface area contributed by atoms with Gasteiger partial charge in [-0.25, -0.2) is 0 Å². The van der Waals surface area contributed by atoms with Crippen molar-refractivity contribution in [3.8, 4) is 17.2 Å². The number of hydrogen-bond donors (Lipinski definition) is 1. The number of aromatic nitrogens is 1. The van der Waals surface area contributed by atoms with E-state index in [-0.39, 0.29) is 17.6 Å². The summed E-state index contributed by atoms with van der Waals surface area (Å²) >= 11 is 0. The lowest BCUT2D eigenvalue weighted by atomic mass is 10.0. The number of pyridine rings is 1. The second kappa shape index (κ2) is 9.02. The summed E-state index contributed by atoms with van der Waals surface area (Å²) in [4.78, 5) is 31.9. The van der Waals surface area contributed by atoms with Crippen LogP contribution in [0, 0.1) is 6.92 Å². The minimum Gasteiger partial charge on any atom is -0.493 e. The Kier molecular flexibility index (Phi) is 5.91. The Morgan fingerprint density at radius 3 is 2.56 bits per heavy atom. The van der Waals surface area contributed by atoms with Crippen LogP contribution in [0.5, 0.6) is 17.2 Å². The maximum Gasteiger partial charge on any atom is 0.254 e. The van der Waals surface area contributed by atoms with Crippen LogP contribution in [-0.2, 0) is 6.42 Å². The van der Waals surface area contributed by atoms with Gasteiger partial charge < -0.3 is 24.1 Å². The molecule has 1 aromatic heterocycles. The summed E-state index contributed by atoms with van der Waals surface area (Å²) in [5.41, 5.74) is 3.57. The average Bonchev–Trinajstić information content (AvgIpc) is 3.25. The van der Waals surface area contributed by atoms with Gasteiger partial charge in [0.05, 0.1) is 19.7 Å². The lowest BCUT2D eigenvalue weighted by molar-refractivity contribution is 0.0580. The van der Waals surface area contributed by atoms with E-state index in [1.165, 1.54) is 5.56 Å². The molecule has 3 heterocycles. The molecule has 1 fully saturated rings. The molecule has 34 heavy (non-hydrogen) atoms. The zero-order valence-electron chi connectivity index (χ0n) is 19.7. The zero-order chi connectivity index (χ0) is 23.8. The van der Waals surface area contributed by atoms with E-state index in [0.717, 1.165) is 48.3 Å². The number of amides is 1. The van der Waals surface area contributed by atoms with Gasteiger partial charge in [-0.2, -0.15) is 0 Å². The maximum absolute atomic E-state index is 13.0. The first kappa shape index (κ1) is 22.3. The third kappa shape index (κ3) is 4.09. The van der Waals surface area contributed by atoms with Crippen LogP contribution in [0.2, 0.25) is 0 Å². The summed E-state index contributed by atoms with van der Waals surface area (Å²) in [6.07, 6.45) is 0.899. The molecule has 2 aromatic carbocycles. The molecule has 5 rings (SSSR count). The summed E-state index contributed by atoms with van der Waals surface area (Å²) in [5.74, 6) is 2.04. The molecule has 178 valence electrons. The van der Waals surface area contributed by atoms with Gasteiger partial charge in [-0.3, -0.25) is 14.5 Å². The number of aryl methyl sites for hydroxylation is 1. The predicted molar refractivity (Wildman–Crippen MR) is 129 cm³/mol. The van der Waals surface area contributed by atoms with E-state index in [0.29, 0.717) is 30.2 Å². The SMILES string of the molecule is COc1ccc(C(=O)N2CCN(CC3Cc4cc(C)c5[nH]c(=O)ccc5c4O3)CC2)cc1OC. The van der Waals surface area contributed by atoms with Crippen molar-refractivity contribution in [1.29, 1.82) is 0 Å². The van der Waals surface area contributed by atoms with Crippen LogP contribution in [0.1, 0.15) is 21.5 Å². The van der Waals surface area contributed by atoms with Gasteiger partial charge in [0.25, 0.3) is 5.91 Å². The molecule has 1 saturated heterocycles. The smallest absolute Gasteiger partial charge is 0.254 e. The van der Waals surface area contributed by atoms with Crippen LogP contribution in [0.15, 0.2) is 41.2 Å². The van der Waals surface area contributed by atoms with Crippen LogP contribution < -0.4 is 19.8 Å². The van der Waals surface area contributed by atoms with Crippen molar-refractivity contribution >= 4 is 16.8 Å². The summed E-state index contributed by atoms with van der Waals surface area (Å²) in [5, 5.41) is 0.961. The highest BCUT2D eigenvalue weighted by molar-refractivity contribution is 5.95. The number of nitrogens with zero attached hydrogens (tertiary/aromatic N) is 2. The Morgan fingerprint density at radius 2 is 1.82 bits per heavy atom. The van der Waals surface area contributed by atoms with E-state index >= 15 is 0 Å². The van der Waals surface area contributed by atoms with Crippen LogP contribution in [-0.4, -0.2) is 73.7 Å². The Labute approximate surface area is 198 Å². The summed E-state index contributed by atoms with van der Waals surface area (Å²) in [7, 11) is 3.15. The van der Waals surface area contributed by atoms with E-state index < -0.39 is 0 Å². The van der Waals surface area contributed by atoms with Crippen molar-refractivity contribution in [3.63, 3.8) is 0 Å². The fourth-order valence-corrected chi connectivity index (χ4v) is 4.97. The third-order valence-electron chi connectivity index (χ3n) is 6.72. The summed E-state index contributed by atoms with van der Waals surface area (Å²) < 4.78 is 16.9. The second-order valence-corrected chi connectivity index (χ2v) is 8.90. The zero-order valence-corrected chi connectivity index (χ0v) is 19.7. The minimum atomic E-state index is -0.106. The van der Waals surface area contributed by atoms with E-state index in [1.54, 1.807) is 38.5 Å². The van der Waals surface area contributed by atoms with Gasteiger partial charge in [0.2, 0.25) is 5.56 Å². The normalized spacial score (nSPS) is 18.0. The molecule has 0 spiro atoms. The summed E-state index contributed by atoms with van der Waals surface area (Å²) in [6.45, 7) is 5.73. The number of hydrogen-bond acceptors (Lipinski definition) is 6. The fraction of sp³-hybridized carbons (Fsp3) is 0.385. The minimum absolute atomic E-state index is 0.000983. The molecular formula is C26H29N3O5. The molecule has 2 aliphatic rings. The van der Waals surface area contributed by atoms with Gasteiger partial charge in [0, 0.05) is 56.2 Å². The quantitative estimate of drug-likeness (QED) is 0.626. The number of fused-ring (bicyclic) bond motifs is 3. The number of nitrogens with one attached hydrogen (secondary N) is 1. The van der Waals surface area contributed by atoms with Crippen molar-refractivity contribution in [2.24, 2.45) is 0 Å². The highest BCUT2D eigenvalue weighted by Gasteiger charge is 2.30. The number of rotatable bonds is 5. The molecule has 0 bridgehead atoms. The maximum atomic E-state index is 13.0. The molecule has 1 unspecified atom stereocenters. The molecule has 1 amide bonds. The van der Waals surface area contributed by atoms with Crippen molar-refractivity contribution in [1.82, 2.24) is 14.8 Å². The van der Waals surface area contributed by atoms with E-state index in [2.05, 4.69) is 16.0 Å². The number of H-pyrrole nitrogens is 1. The van der Waals surface area contributed by atoms with Crippen LogP contribution >= 0.6 is 0 Å². The van der Waals surface area contributed by atoms with Crippen LogP contribution in [0.4, 0.5) is 0 Å². The number of methoxy groups -OCH3 is 2. The van der Waals surface area contributed by atoms with Gasteiger partial charge in [-0.05, 0) is 42.3 Å². The second-order valence-electron chi connectivity index (χ2n) is 8.90. The fourth-order valence-electron chi connectivity index (χ4n) is 4.97. The van der Waals surface area contributed by atoms with Gasteiger partial charge >= 0.3 is 0 Å². The van der Waals surface area contributed by atoms with Crippen LogP contribution in [0.3, 0.4) is 0 Å². The Hall–Kier alpha value is -3.52. The van der Waals surface area contributed by atoms with Crippen molar-refractivity contribution < 1.29 is 19.0 Å². The Morgan fingerprint density at radius 1 is 1.06 bits per heavy atom. The summed E-state index contributed by atoms with van der Waals surface area (Å²) in [6, 6.07) is 10.8. The first-order chi connectivity index (χ1) is 16.5. The topological polar surface area (TPSA) is 84.1 Å². The van der Waals surface area contributed by atoms with Crippen molar-refractivity contribution in [2.45, 2.75) is 19.4 Å². The van der Waals surface area contributed by atoms with Gasteiger partial charge in [0.1, 0.15) is 11.9 Å². The number of benzene rings is 2. The highest BCUT2D eigenvalue weighted by atomic mass is 16.5. The molecule has 2 aliphatic heterocycles. The first-order valence-corrected chi connectivity index (χ1v) is 11.5. The largest absolute Gasteiger partial charge is 0.493 e. The van der Waals surface area contributed by atoms with E-state index in [9.17, 15) is 9.59 Å². The van der Waals surface area contributed by atoms with Gasteiger partial charge in [-0.15, -0.1) is 0 Å². The molecule has 8 nitrogen and oxygen atoms in total. The number of ether oxygens (including phenoxy) is 3. The van der Waals surface area contributed by atoms with Gasteiger partial charge in [0.15, 0.2) is 11.5 Å². The standard InChI is InChI=1S/C26H29N3O5/c1-16-12-18-13-19(34-25(18)20-5-7-23(30)27-24(16)20)15-28-8-10-29(11-9-28)26(31)17-4-6-21(32-2)22(14-17)33-3/h4-7,12,14,19H,8-11,13,15H2,1-3H3,(H,27,30). The molecule has 1 atom stereocenters. The predicted octanol–water partition coefficient (Wildman–Crippen LogP) is 2.62. The van der Waals surface area contributed by atoms with Gasteiger partial charge in [-0.1, -0.05) is 6.07 Å². The van der Waals surface area contributed by atoms with E-state index in [1.807, 2.05) is 17.9 Å². The Balaban J connectivity index is 1.21. The molecule has 0 saturated carbocycles. The number of piperazine rings is 1. The number of aromatic amines is 1. The molecule has 8 heteroatoms. The lowest BCUT2D eigenvalue weighted by Gasteiger charge is -2.35. The molecular weight excluding hydrogens is 434 g/mol. The molecule has 1 N–H and O–H groups in total. The molecule has 0 radical (unpaired) electrons. The highest BCUT2D eigenvalue weighted by Crippen LogP contribution is 2.37. The monoisotopic (exact) mass is 463 g/mol. The Bertz CT molecular complexity index is 1290. The number of carbonyl (C=O) groups is 1. The van der Waals surface area contributed by atoms with E-state index in [4.69, 9.17) is 14.2 Å². The number of carbonyl (C=O) groups excluding carboxylic acids is 1.